The van der Waals surface area contributed by atoms with E-state index >= 15 is 0 Å². The van der Waals surface area contributed by atoms with Crippen molar-refractivity contribution in [1.29, 1.82) is 0 Å². The molecule has 0 spiro atoms. The van der Waals surface area contributed by atoms with Crippen LogP contribution in [-0.4, -0.2) is 67.7 Å². The Bertz CT molecular complexity index is 1420. The molecule has 1 N–H and O–H groups in total. The van der Waals surface area contributed by atoms with E-state index in [1.807, 2.05) is 0 Å². The van der Waals surface area contributed by atoms with Crippen LogP contribution in [0.2, 0.25) is 10.0 Å². The summed E-state index contributed by atoms with van der Waals surface area (Å²) in [4.78, 5) is 12.6. The van der Waals surface area contributed by atoms with Gasteiger partial charge in [-0.1, -0.05) is 52.7 Å². The number of carbonyl (C=O) groups is 1. The van der Waals surface area contributed by atoms with Crippen molar-refractivity contribution in [3.63, 3.8) is 0 Å². The van der Waals surface area contributed by atoms with Crippen LogP contribution in [-0.2, 0) is 20.0 Å². The number of rotatable bonds is 6. The van der Waals surface area contributed by atoms with E-state index in [0.29, 0.717) is 16.4 Å². The molecule has 1 aliphatic rings. The fourth-order valence-corrected chi connectivity index (χ4v) is 7.60. The third-order valence-electron chi connectivity index (χ3n) is 4.94. The van der Waals surface area contributed by atoms with Crippen LogP contribution in [0, 0.1) is 0 Å². The number of carbonyl (C=O) groups excluding carboxylic acids is 1. The molecule has 0 saturated carbocycles. The zero-order valence-electron chi connectivity index (χ0n) is 17.3. The average Bonchev–Trinajstić information content (AvgIpc) is 3.29. The molecule has 2 aromatic carbocycles. The van der Waals surface area contributed by atoms with E-state index in [4.69, 9.17) is 23.2 Å². The Kier molecular flexibility index (Phi) is 7.24. The van der Waals surface area contributed by atoms with Gasteiger partial charge in [0.1, 0.15) is 0 Å². The predicted molar refractivity (Wildman–Crippen MR) is 128 cm³/mol. The minimum atomic E-state index is -4.03. The molecule has 34 heavy (non-hydrogen) atoms. The van der Waals surface area contributed by atoms with Crippen LogP contribution in [0.3, 0.4) is 0 Å². The van der Waals surface area contributed by atoms with Gasteiger partial charge in [0, 0.05) is 31.2 Å². The van der Waals surface area contributed by atoms with Gasteiger partial charge in [-0.15, -0.1) is 10.2 Å². The second kappa shape index (κ2) is 9.85. The Hall–Kier alpha value is -2.13. The fourth-order valence-electron chi connectivity index (χ4n) is 3.21. The smallest absolute Gasteiger partial charge is 0.272 e. The largest absolute Gasteiger partial charge is 0.296 e. The second-order valence-corrected chi connectivity index (χ2v) is 12.9. The number of nitrogens with one attached hydrogen (secondary N) is 1. The normalized spacial score (nSPS) is 15.8. The maximum atomic E-state index is 13.0. The number of amides is 1. The molecule has 1 aromatic heterocycles. The van der Waals surface area contributed by atoms with Crippen molar-refractivity contribution in [3.8, 4) is 0 Å². The quantitative estimate of drug-likeness (QED) is 0.458. The third kappa shape index (κ3) is 5.10. The SMILES string of the molecule is O=C(Nc1nnc(S(=O)(=O)N2CCN(S(=O)(=O)c3ccccc3)CC2)s1)c1ccc(Cl)cc1Cl. The summed E-state index contributed by atoms with van der Waals surface area (Å²) >= 11 is 12.5. The van der Waals surface area contributed by atoms with Crippen LogP contribution in [0.1, 0.15) is 10.4 Å². The molecule has 10 nitrogen and oxygen atoms in total. The second-order valence-electron chi connectivity index (χ2n) is 7.07. The molecule has 3 aromatic rings. The molecule has 1 saturated heterocycles. The Balaban J connectivity index is 1.43. The van der Waals surface area contributed by atoms with E-state index in [1.54, 1.807) is 18.2 Å². The molecule has 0 bridgehead atoms. The summed E-state index contributed by atoms with van der Waals surface area (Å²) in [5.41, 5.74) is 0.140. The molecular formula is C19H17Cl2N5O5S3. The maximum absolute atomic E-state index is 13.0. The molecule has 0 radical (unpaired) electrons. The lowest BCUT2D eigenvalue weighted by Gasteiger charge is -2.32. The first-order valence-corrected chi connectivity index (χ1v) is 14.2. The summed E-state index contributed by atoms with van der Waals surface area (Å²) in [6.07, 6.45) is 0. The van der Waals surface area contributed by atoms with Crippen molar-refractivity contribution in [2.75, 3.05) is 31.5 Å². The fraction of sp³-hybridized carbons (Fsp3) is 0.211. The standard InChI is InChI=1S/C19H17Cl2N5O5S3/c20-13-6-7-15(16(21)12-13)17(27)22-18-23-24-19(32-18)34(30,31)26-10-8-25(9-11-26)33(28,29)14-4-2-1-3-5-14/h1-7,12H,8-11H2,(H,22,23,27). The highest BCUT2D eigenvalue weighted by Crippen LogP contribution is 2.27. The Labute approximate surface area is 210 Å². The zero-order valence-corrected chi connectivity index (χ0v) is 21.2. The van der Waals surface area contributed by atoms with Crippen molar-refractivity contribution in [3.05, 3.63) is 64.1 Å². The van der Waals surface area contributed by atoms with Crippen molar-refractivity contribution in [2.24, 2.45) is 0 Å². The minimum absolute atomic E-state index is 0.00603. The van der Waals surface area contributed by atoms with Gasteiger partial charge in [0.15, 0.2) is 0 Å². The number of nitrogens with zero attached hydrogens (tertiary/aromatic N) is 4. The van der Waals surface area contributed by atoms with E-state index in [-0.39, 0.29) is 51.1 Å². The number of hydrogen-bond donors (Lipinski definition) is 1. The van der Waals surface area contributed by atoms with Crippen molar-refractivity contribution in [1.82, 2.24) is 18.8 Å². The van der Waals surface area contributed by atoms with Gasteiger partial charge in [0.05, 0.1) is 15.5 Å². The summed E-state index contributed by atoms with van der Waals surface area (Å²) in [6.45, 7) is -0.103. The van der Waals surface area contributed by atoms with Gasteiger partial charge < -0.3 is 0 Å². The van der Waals surface area contributed by atoms with Gasteiger partial charge >= 0.3 is 0 Å². The van der Waals surface area contributed by atoms with Crippen LogP contribution in [0.15, 0.2) is 57.8 Å². The highest BCUT2D eigenvalue weighted by Gasteiger charge is 2.35. The van der Waals surface area contributed by atoms with Crippen LogP contribution < -0.4 is 5.32 Å². The molecule has 4 rings (SSSR count). The molecular weight excluding hydrogens is 545 g/mol. The Morgan fingerprint density at radius 1 is 0.882 bits per heavy atom. The summed E-state index contributed by atoms with van der Waals surface area (Å²) < 4.78 is 53.6. The van der Waals surface area contributed by atoms with Crippen LogP contribution >= 0.6 is 34.5 Å². The van der Waals surface area contributed by atoms with Gasteiger partial charge in [-0.05, 0) is 30.3 Å². The van der Waals surface area contributed by atoms with Crippen molar-refractivity contribution < 1.29 is 21.6 Å². The van der Waals surface area contributed by atoms with Gasteiger partial charge in [0.25, 0.3) is 15.9 Å². The topological polar surface area (TPSA) is 130 Å². The van der Waals surface area contributed by atoms with Gasteiger partial charge in [0.2, 0.25) is 19.5 Å². The molecule has 0 atom stereocenters. The van der Waals surface area contributed by atoms with Gasteiger partial charge in [-0.25, -0.2) is 16.8 Å². The number of halogens is 2. The van der Waals surface area contributed by atoms with Crippen molar-refractivity contribution >= 4 is 65.6 Å². The predicted octanol–water partition coefficient (Wildman–Crippen LogP) is 2.79. The lowest BCUT2D eigenvalue weighted by Crippen LogP contribution is -2.50. The first-order valence-electron chi connectivity index (χ1n) is 9.74. The summed E-state index contributed by atoms with van der Waals surface area (Å²) in [6, 6.07) is 12.3. The number of benzene rings is 2. The van der Waals surface area contributed by atoms with E-state index < -0.39 is 26.0 Å². The molecule has 180 valence electrons. The Morgan fingerprint density at radius 3 is 2.12 bits per heavy atom. The molecule has 0 unspecified atom stereocenters. The number of sulfonamides is 2. The van der Waals surface area contributed by atoms with Crippen LogP contribution in [0.4, 0.5) is 5.13 Å². The molecule has 1 fully saturated rings. The third-order valence-corrected chi connectivity index (χ3v) is 10.5. The van der Waals surface area contributed by atoms with Gasteiger partial charge in [-0.2, -0.15) is 8.61 Å². The number of hydrogen-bond acceptors (Lipinski definition) is 8. The molecule has 1 amide bonds. The average molecular weight is 562 g/mol. The van der Waals surface area contributed by atoms with Crippen molar-refractivity contribution in [2.45, 2.75) is 9.24 Å². The molecule has 1 aliphatic heterocycles. The van der Waals surface area contributed by atoms with E-state index in [1.165, 1.54) is 34.6 Å². The number of anilines is 1. The number of piperazine rings is 1. The summed E-state index contributed by atoms with van der Waals surface area (Å²) in [7, 11) is -7.74. The molecule has 2 heterocycles. The maximum Gasteiger partial charge on any atom is 0.272 e. The number of aromatic nitrogens is 2. The first kappa shape index (κ1) is 25.0. The monoisotopic (exact) mass is 561 g/mol. The highest BCUT2D eigenvalue weighted by molar-refractivity contribution is 7.91. The zero-order chi connectivity index (χ0) is 24.5. The lowest BCUT2D eigenvalue weighted by molar-refractivity contribution is 0.102. The lowest BCUT2D eigenvalue weighted by atomic mass is 10.2. The molecule has 15 heteroatoms. The van der Waals surface area contributed by atoms with Crippen LogP contribution in [0.25, 0.3) is 0 Å². The minimum Gasteiger partial charge on any atom is -0.296 e. The highest BCUT2D eigenvalue weighted by atomic mass is 35.5. The van der Waals surface area contributed by atoms with Gasteiger partial charge in [-0.3, -0.25) is 10.1 Å². The van der Waals surface area contributed by atoms with E-state index in [2.05, 4.69) is 15.5 Å². The first-order chi connectivity index (χ1) is 16.1. The Morgan fingerprint density at radius 2 is 1.50 bits per heavy atom. The van der Waals surface area contributed by atoms with E-state index in [0.717, 1.165) is 4.31 Å². The van der Waals surface area contributed by atoms with Crippen LogP contribution in [0.5, 0.6) is 0 Å². The molecule has 0 aliphatic carbocycles. The van der Waals surface area contributed by atoms with E-state index in [9.17, 15) is 21.6 Å². The summed E-state index contributed by atoms with van der Waals surface area (Å²) in [5.74, 6) is -0.596. The summed E-state index contributed by atoms with van der Waals surface area (Å²) in [5, 5.41) is 10.4.